The van der Waals surface area contributed by atoms with Gasteiger partial charge in [-0.2, -0.15) is 0 Å². The lowest BCUT2D eigenvalue weighted by Crippen LogP contribution is -1.94. The molecular weight excluding hydrogens is 368 g/mol. The Balaban J connectivity index is 1.58. The number of rotatable bonds is 7. The standard InChI is InChI=1S/C21H19ClO3S/c1-3-18-8-11-21(26-18)20(23)10-7-15-4-5-17(25-15)13-24-16-6-9-19(22)14(2)12-16/h4-12H,3,13H2,1-2H3/b10-7+. The summed E-state index contributed by atoms with van der Waals surface area (Å²) in [6.07, 6.45) is 4.16. The van der Waals surface area contributed by atoms with Crippen molar-refractivity contribution in [2.24, 2.45) is 0 Å². The third-order valence-corrected chi connectivity index (χ3v) is 5.51. The van der Waals surface area contributed by atoms with E-state index in [9.17, 15) is 4.79 Å². The zero-order valence-electron chi connectivity index (χ0n) is 14.6. The van der Waals surface area contributed by atoms with E-state index in [1.165, 1.54) is 22.3 Å². The lowest BCUT2D eigenvalue weighted by Gasteiger charge is -2.05. The van der Waals surface area contributed by atoms with Crippen molar-refractivity contribution in [2.75, 3.05) is 0 Å². The number of carbonyl (C=O) groups is 1. The zero-order valence-corrected chi connectivity index (χ0v) is 16.2. The molecule has 0 saturated carbocycles. The summed E-state index contributed by atoms with van der Waals surface area (Å²) in [6, 6.07) is 13.0. The second kappa shape index (κ2) is 8.39. The zero-order chi connectivity index (χ0) is 18.5. The van der Waals surface area contributed by atoms with Gasteiger partial charge in [0.25, 0.3) is 0 Å². The first-order valence-corrected chi connectivity index (χ1v) is 9.53. The normalized spacial score (nSPS) is 11.2. The Bertz CT molecular complexity index is 936. The minimum absolute atomic E-state index is 0.0134. The molecule has 5 heteroatoms. The molecule has 0 fully saturated rings. The fraction of sp³-hybridized carbons (Fsp3) is 0.190. The van der Waals surface area contributed by atoms with Gasteiger partial charge < -0.3 is 9.15 Å². The van der Waals surface area contributed by atoms with Crippen LogP contribution in [-0.2, 0) is 13.0 Å². The Morgan fingerprint density at radius 3 is 2.81 bits per heavy atom. The minimum Gasteiger partial charge on any atom is -0.486 e. The summed E-state index contributed by atoms with van der Waals surface area (Å²) in [6.45, 7) is 4.32. The third kappa shape index (κ3) is 4.65. The van der Waals surface area contributed by atoms with Crippen LogP contribution in [-0.4, -0.2) is 5.78 Å². The van der Waals surface area contributed by atoms with Crippen molar-refractivity contribution >= 4 is 34.8 Å². The van der Waals surface area contributed by atoms with Gasteiger partial charge in [-0.05, 0) is 73.5 Å². The molecule has 0 spiro atoms. The predicted octanol–water partition coefficient (Wildman–Crippen LogP) is 6.34. The van der Waals surface area contributed by atoms with Crippen molar-refractivity contribution in [3.8, 4) is 5.75 Å². The summed E-state index contributed by atoms with van der Waals surface area (Å²) < 4.78 is 11.4. The van der Waals surface area contributed by atoms with Crippen LogP contribution in [0.25, 0.3) is 6.08 Å². The summed E-state index contributed by atoms with van der Waals surface area (Å²) >= 11 is 7.54. The van der Waals surface area contributed by atoms with Gasteiger partial charge in [0, 0.05) is 9.90 Å². The number of allylic oxidation sites excluding steroid dienone is 1. The van der Waals surface area contributed by atoms with Crippen LogP contribution in [0.3, 0.4) is 0 Å². The van der Waals surface area contributed by atoms with Crippen LogP contribution in [0.5, 0.6) is 5.75 Å². The highest BCUT2D eigenvalue weighted by Gasteiger charge is 2.07. The Kier molecular flexibility index (Phi) is 5.96. The van der Waals surface area contributed by atoms with E-state index in [4.69, 9.17) is 20.8 Å². The molecule has 26 heavy (non-hydrogen) atoms. The fourth-order valence-electron chi connectivity index (χ4n) is 2.36. The molecule has 0 radical (unpaired) electrons. The molecule has 0 aliphatic heterocycles. The van der Waals surface area contributed by atoms with Crippen molar-refractivity contribution in [1.82, 2.24) is 0 Å². The van der Waals surface area contributed by atoms with Crippen molar-refractivity contribution in [3.63, 3.8) is 0 Å². The smallest absolute Gasteiger partial charge is 0.195 e. The maximum absolute atomic E-state index is 12.2. The Hall–Kier alpha value is -2.30. The largest absolute Gasteiger partial charge is 0.486 e. The van der Waals surface area contributed by atoms with Crippen LogP contribution in [0.4, 0.5) is 0 Å². The number of benzene rings is 1. The molecular formula is C21H19ClO3S. The topological polar surface area (TPSA) is 39.4 Å². The molecule has 0 unspecified atom stereocenters. The van der Waals surface area contributed by atoms with E-state index in [0.29, 0.717) is 23.2 Å². The highest BCUT2D eigenvalue weighted by molar-refractivity contribution is 7.14. The number of hydrogen-bond donors (Lipinski definition) is 0. The van der Waals surface area contributed by atoms with Crippen molar-refractivity contribution in [1.29, 1.82) is 0 Å². The molecule has 3 rings (SSSR count). The number of carbonyl (C=O) groups excluding carboxylic acids is 1. The molecule has 3 aromatic rings. The quantitative estimate of drug-likeness (QED) is 0.351. The third-order valence-electron chi connectivity index (χ3n) is 3.84. The minimum atomic E-state index is -0.0134. The second-order valence-corrected chi connectivity index (χ2v) is 7.40. The molecule has 0 atom stereocenters. The van der Waals surface area contributed by atoms with Crippen LogP contribution in [0.2, 0.25) is 5.02 Å². The highest BCUT2D eigenvalue weighted by Crippen LogP contribution is 2.22. The Labute approximate surface area is 161 Å². The van der Waals surface area contributed by atoms with Crippen LogP contribution < -0.4 is 4.74 Å². The molecule has 0 bridgehead atoms. The maximum Gasteiger partial charge on any atom is 0.195 e. The van der Waals surface area contributed by atoms with Gasteiger partial charge in [-0.1, -0.05) is 18.5 Å². The SMILES string of the molecule is CCc1ccc(C(=O)/C=C/c2ccc(COc3ccc(Cl)c(C)c3)o2)s1. The number of aryl methyl sites for hydroxylation is 2. The van der Waals surface area contributed by atoms with E-state index in [1.807, 2.05) is 49.4 Å². The van der Waals surface area contributed by atoms with Crippen LogP contribution in [0.1, 0.15) is 38.6 Å². The first kappa shape index (κ1) is 18.5. The van der Waals surface area contributed by atoms with E-state index in [2.05, 4.69) is 6.92 Å². The summed E-state index contributed by atoms with van der Waals surface area (Å²) in [4.78, 5) is 14.1. The second-order valence-electron chi connectivity index (χ2n) is 5.82. The first-order valence-electron chi connectivity index (χ1n) is 8.34. The predicted molar refractivity (Wildman–Crippen MR) is 106 cm³/mol. The van der Waals surface area contributed by atoms with Crippen LogP contribution in [0, 0.1) is 6.92 Å². The van der Waals surface area contributed by atoms with E-state index in [0.717, 1.165) is 22.6 Å². The van der Waals surface area contributed by atoms with Gasteiger partial charge in [0.05, 0.1) is 4.88 Å². The monoisotopic (exact) mass is 386 g/mol. The van der Waals surface area contributed by atoms with Crippen LogP contribution >= 0.6 is 22.9 Å². The average molecular weight is 387 g/mol. The number of ether oxygens (including phenoxy) is 1. The lowest BCUT2D eigenvalue weighted by molar-refractivity contribution is 0.105. The molecule has 2 aromatic heterocycles. The van der Waals surface area contributed by atoms with Gasteiger partial charge in [0.2, 0.25) is 0 Å². The summed E-state index contributed by atoms with van der Waals surface area (Å²) in [7, 11) is 0. The van der Waals surface area contributed by atoms with Gasteiger partial charge in [-0.25, -0.2) is 0 Å². The molecule has 2 heterocycles. The highest BCUT2D eigenvalue weighted by atomic mass is 35.5. The number of ketones is 1. The molecule has 0 aliphatic carbocycles. The van der Waals surface area contributed by atoms with Gasteiger partial charge in [-0.3, -0.25) is 4.79 Å². The first-order chi connectivity index (χ1) is 12.5. The van der Waals surface area contributed by atoms with Gasteiger partial charge in [0.1, 0.15) is 23.9 Å². The van der Waals surface area contributed by atoms with Crippen molar-refractivity contribution in [3.05, 3.63) is 80.4 Å². The number of hydrogen-bond acceptors (Lipinski definition) is 4. The molecule has 0 aliphatic rings. The van der Waals surface area contributed by atoms with Crippen molar-refractivity contribution < 1.29 is 13.9 Å². The summed E-state index contributed by atoms with van der Waals surface area (Å²) in [5, 5.41) is 0.712. The molecule has 0 saturated heterocycles. The maximum atomic E-state index is 12.2. The Morgan fingerprint density at radius 2 is 2.08 bits per heavy atom. The van der Waals surface area contributed by atoms with Gasteiger partial charge in [-0.15, -0.1) is 11.3 Å². The fourth-order valence-corrected chi connectivity index (χ4v) is 3.35. The van der Waals surface area contributed by atoms with Gasteiger partial charge >= 0.3 is 0 Å². The molecule has 0 amide bonds. The van der Waals surface area contributed by atoms with Crippen LogP contribution in [0.15, 0.2) is 53.0 Å². The van der Waals surface area contributed by atoms with E-state index in [-0.39, 0.29) is 5.78 Å². The molecule has 1 aromatic carbocycles. The summed E-state index contributed by atoms with van der Waals surface area (Å²) in [5.41, 5.74) is 0.963. The molecule has 134 valence electrons. The number of halogens is 1. The van der Waals surface area contributed by atoms with E-state index < -0.39 is 0 Å². The number of furan rings is 1. The summed E-state index contributed by atoms with van der Waals surface area (Å²) in [5.74, 6) is 2.03. The van der Waals surface area contributed by atoms with E-state index in [1.54, 1.807) is 6.08 Å². The average Bonchev–Trinajstić information content (AvgIpc) is 3.30. The molecule has 0 N–H and O–H groups in total. The lowest BCUT2D eigenvalue weighted by atomic mass is 10.2. The van der Waals surface area contributed by atoms with Gasteiger partial charge in [0.15, 0.2) is 5.78 Å². The van der Waals surface area contributed by atoms with Crippen molar-refractivity contribution in [2.45, 2.75) is 26.9 Å². The Morgan fingerprint density at radius 1 is 1.23 bits per heavy atom. The molecule has 3 nitrogen and oxygen atoms in total. The number of thiophene rings is 1. The van der Waals surface area contributed by atoms with E-state index >= 15 is 0 Å².